The molecule has 3 nitrogen and oxygen atoms in total. The number of hydrogen-bond donors (Lipinski definition) is 0. The largest absolute Gasteiger partial charge is 0.419 e. The number of alkyl halides is 3. The number of carbonyl (C=O) groups is 1. The number of rotatable bonds is 2. The van der Waals surface area contributed by atoms with Crippen LogP contribution in [0.4, 0.5) is 13.2 Å². The molecule has 0 unspecified atom stereocenters. The van der Waals surface area contributed by atoms with E-state index in [4.69, 9.17) is 0 Å². The van der Waals surface area contributed by atoms with E-state index in [1.54, 1.807) is 6.92 Å². The van der Waals surface area contributed by atoms with Gasteiger partial charge in [0.2, 0.25) is 0 Å². The van der Waals surface area contributed by atoms with Crippen molar-refractivity contribution < 1.29 is 18.0 Å². The molecule has 1 saturated carbocycles. The molecule has 1 aromatic heterocycles. The third kappa shape index (κ3) is 3.75. The molecule has 0 bridgehead atoms. The van der Waals surface area contributed by atoms with E-state index in [-0.39, 0.29) is 11.2 Å². The molecule has 0 amide bonds. The lowest BCUT2D eigenvalue weighted by atomic mass is 9.95. The van der Waals surface area contributed by atoms with Gasteiger partial charge in [-0.3, -0.25) is 9.48 Å². The maximum Gasteiger partial charge on any atom is 0.419 e. The van der Waals surface area contributed by atoms with Gasteiger partial charge in [-0.15, -0.1) is 0 Å². The number of aromatic nitrogens is 2. The van der Waals surface area contributed by atoms with Crippen LogP contribution >= 0.6 is 11.8 Å². The Kier molecular flexibility index (Phi) is 4.23. The summed E-state index contributed by atoms with van der Waals surface area (Å²) in [6.45, 7) is 1.54. The number of carbonyl (C=O) groups excluding carboxylic acids is 1. The minimum absolute atomic E-state index is 0.0138. The third-order valence-corrected chi connectivity index (χ3v) is 4.42. The summed E-state index contributed by atoms with van der Waals surface area (Å²) in [6.07, 6.45) is 0.833. The van der Waals surface area contributed by atoms with Crippen molar-refractivity contribution in [2.75, 3.05) is 0 Å². The summed E-state index contributed by atoms with van der Waals surface area (Å²) in [7, 11) is 0. The van der Waals surface area contributed by atoms with Crippen LogP contribution in [0.25, 0.3) is 0 Å². The normalized spacial score (nSPS) is 24.4. The van der Waals surface area contributed by atoms with Crippen LogP contribution in [0, 0.1) is 0 Å². The van der Waals surface area contributed by atoms with Crippen molar-refractivity contribution in [1.29, 1.82) is 0 Å². The van der Waals surface area contributed by atoms with Crippen LogP contribution in [-0.2, 0) is 11.0 Å². The molecule has 0 aromatic carbocycles. The fourth-order valence-electron chi connectivity index (χ4n) is 2.35. The summed E-state index contributed by atoms with van der Waals surface area (Å²) < 4.78 is 38.9. The Hall–Kier alpha value is -0.980. The van der Waals surface area contributed by atoms with E-state index in [1.165, 1.54) is 16.4 Å². The summed E-state index contributed by atoms with van der Waals surface area (Å²) in [6, 6.07) is 0.0138. The Bertz CT molecular complexity index is 450. The van der Waals surface area contributed by atoms with E-state index >= 15 is 0 Å². The van der Waals surface area contributed by atoms with Gasteiger partial charge in [-0.1, -0.05) is 11.8 Å². The summed E-state index contributed by atoms with van der Waals surface area (Å²) in [5.74, 6) is 0. The summed E-state index contributed by atoms with van der Waals surface area (Å²) in [5.41, 5.74) is -0.701. The smallest absolute Gasteiger partial charge is 0.288 e. The molecule has 0 atom stereocenters. The van der Waals surface area contributed by atoms with E-state index in [9.17, 15) is 18.0 Å². The van der Waals surface area contributed by atoms with Gasteiger partial charge in [0.15, 0.2) is 5.12 Å². The molecule has 0 aliphatic heterocycles. The van der Waals surface area contributed by atoms with Crippen LogP contribution in [0.3, 0.4) is 0 Å². The highest BCUT2D eigenvalue weighted by molar-refractivity contribution is 8.14. The molecular formula is C12H15F3N2OS. The van der Waals surface area contributed by atoms with Gasteiger partial charge in [0.1, 0.15) is 0 Å². The van der Waals surface area contributed by atoms with Gasteiger partial charge >= 0.3 is 6.18 Å². The molecule has 1 aromatic rings. The molecule has 0 N–H and O–H groups in total. The van der Waals surface area contributed by atoms with Gasteiger partial charge in [0, 0.05) is 18.4 Å². The first-order chi connectivity index (χ1) is 8.86. The lowest BCUT2D eigenvalue weighted by Gasteiger charge is -2.27. The SMILES string of the molecule is CC(=O)SC1CCC(n2cc(C(F)(F)F)cn2)CC1. The molecule has 0 radical (unpaired) electrons. The van der Waals surface area contributed by atoms with Crippen molar-refractivity contribution in [3.05, 3.63) is 18.0 Å². The molecule has 19 heavy (non-hydrogen) atoms. The highest BCUT2D eigenvalue weighted by Crippen LogP contribution is 2.36. The number of halogens is 3. The number of thioether (sulfide) groups is 1. The van der Waals surface area contributed by atoms with E-state index in [1.807, 2.05) is 0 Å². The minimum atomic E-state index is -4.33. The first kappa shape index (κ1) is 14.4. The van der Waals surface area contributed by atoms with Crippen molar-refractivity contribution in [3.63, 3.8) is 0 Å². The quantitative estimate of drug-likeness (QED) is 0.834. The van der Waals surface area contributed by atoms with E-state index < -0.39 is 11.7 Å². The van der Waals surface area contributed by atoms with E-state index in [0.717, 1.165) is 38.1 Å². The fourth-order valence-corrected chi connectivity index (χ4v) is 3.32. The van der Waals surface area contributed by atoms with Gasteiger partial charge < -0.3 is 0 Å². The summed E-state index contributed by atoms with van der Waals surface area (Å²) >= 11 is 1.33. The van der Waals surface area contributed by atoms with Crippen LogP contribution in [0.5, 0.6) is 0 Å². The molecule has 0 saturated heterocycles. The summed E-state index contributed by atoms with van der Waals surface area (Å²) in [5, 5.41) is 4.21. The van der Waals surface area contributed by atoms with Gasteiger partial charge in [-0.2, -0.15) is 18.3 Å². The van der Waals surface area contributed by atoms with Gasteiger partial charge in [-0.05, 0) is 25.7 Å². The topological polar surface area (TPSA) is 34.9 Å². The second-order valence-corrected chi connectivity index (χ2v) is 6.22. The zero-order valence-corrected chi connectivity index (χ0v) is 11.3. The van der Waals surface area contributed by atoms with Crippen LogP contribution in [0.2, 0.25) is 0 Å². The van der Waals surface area contributed by atoms with Gasteiger partial charge in [-0.25, -0.2) is 0 Å². The number of hydrogen-bond acceptors (Lipinski definition) is 3. The molecule has 1 heterocycles. The Balaban J connectivity index is 1.94. The Morgan fingerprint density at radius 3 is 2.47 bits per heavy atom. The molecule has 2 rings (SSSR count). The monoisotopic (exact) mass is 292 g/mol. The van der Waals surface area contributed by atoms with E-state index in [2.05, 4.69) is 5.10 Å². The average Bonchev–Trinajstić information content (AvgIpc) is 2.78. The second-order valence-electron chi connectivity index (χ2n) is 4.75. The van der Waals surface area contributed by atoms with Gasteiger partial charge in [0.25, 0.3) is 0 Å². The molecule has 1 aliphatic carbocycles. The van der Waals surface area contributed by atoms with Crippen LogP contribution in [0.1, 0.15) is 44.2 Å². The van der Waals surface area contributed by atoms with Crippen LogP contribution < -0.4 is 0 Å². The maximum atomic E-state index is 12.5. The lowest BCUT2D eigenvalue weighted by molar-refractivity contribution is -0.137. The molecule has 7 heteroatoms. The van der Waals surface area contributed by atoms with Crippen LogP contribution in [0.15, 0.2) is 12.4 Å². The summed E-state index contributed by atoms with van der Waals surface area (Å²) in [4.78, 5) is 11.0. The Morgan fingerprint density at radius 2 is 2.00 bits per heavy atom. The zero-order valence-electron chi connectivity index (χ0n) is 10.5. The van der Waals surface area contributed by atoms with Crippen molar-refractivity contribution >= 4 is 16.9 Å². The Labute approximate surface area is 113 Å². The van der Waals surface area contributed by atoms with Crippen molar-refractivity contribution in [1.82, 2.24) is 9.78 Å². The fraction of sp³-hybridized carbons (Fsp3) is 0.667. The standard InChI is InChI=1S/C12H15F3N2OS/c1-8(18)19-11-4-2-10(3-5-11)17-7-9(6-16-17)12(13,14)15/h6-7,10-11H,2-5H2,1H3. The first-order valence-corrected chi connectivity index (χ1v) is 7.03. The third-order valence-electron chi connectivity index (χ3n) is 3.28. The van der Waals surface area contributed by atoms with E-state index in [0.29, 0.717) is 5.25 Å². The molecular weight excluding hydrogens is 277 g/mol. The minimum Gasteiger partial charge on any atom is -0.288 e. The number of nitrogens with zero attached hydrogens (tertiary/aromatic N) is 2. The highest BCUT2D eigenvalue weighted by atomic mass is 32.2. The average molecular weight is 292 g/mol. The first-order valence-electron chi connectivity index (χ1n) is 6.15. The molecule has 1 fully saturated rings. The predicted octanol–water partition coefficient (Wildman–Crippen LogP) is 3.67. The molecule has 1 aliphatic rings. The zero-order chi connectivity index (χ0) is 14.0. The molecule has 0 spiro atoms. The predicted molar refractivity (Wildman–Crippen MR) is 66.8 cm³/mol. The van der Waals surface area contributed by atoms with Crippen molar-refractivity contribution in [3.8, 4) is 0 Å². The lowest BCUT2D eigenvalue weighted by Crippen LogP contribution is -2.20. The second kappa shape index (κ2) is 5.56. The van der Waals surface area contributed by atoms with Crippen molar-refractivity contribution in [2.24, 2.45) is 0 Å². The molecule has 106 valence electrons. The Morgan fingerprint density at radius 1 is 1.37 bits per heavy atom. The van der Waals surface area contributed by atoms with Crippen molar-refractivity contribution in [2.45, 2.75) is 50.1 Å². The highest BCUT2D eigenvalue weighted by Gasteiger charge is 2.33. The van der Waals surface area contributed by atoms with Gasteiger partial charge in [0.05, 0.1) is 17.8 Å². The maximum absolute atomic E-state index is 12.5. The van der Waals surface area contributed by atoms with Crippen LogP contribution in [-0.4, -0.2) is 20.1 Å².